The zero-order chi connectivity index (χ0) is 22.5. The summed E-state index contributed by atoms with van der Waals surface area (Å²) in [5.41, 5.74) is 1.87. The van der Waals surface area contributed by atoms with Gasteiger partial charge in [-0.05, 0) is 24.0 Å². The van der Waals surface area contributed by atoms with Crippen molar-refractivity contribution in [2.24, 2.45) is 0 Å². The van der Waals surface area contributed by atoms with Crippen LogP contribution in [0.15, 0.2) is 60.7 Å². The van der Waals surface area contributed by atoms with Crippen LogP contribution in [0.2, 0.25) is 0 Å². The summed E-state index contributed by atoms with van der Waals surface area (Å²) in [5, 5.41) is 15.0. The van der Waals surface area contributed by atoms with Gasteiger partial charge in [-0.3, -0.25) is 4.79 Å². The highest BCUT2D eigenvalue weighted by molar-refractivity contribution is 5.84. The molecule has 2 atom stereocenters. The van der Waals surface area contributed by atoms with Crippen LogP contribution in [0.4, 0.5) is 4.79 Å². The number of methoxy groups -OCH3 is 1. The van der Waals surface area contributed by atoms with E-state index in [1.54, 1.807) is 0 Å². The largest absolute Gasteiger partial charge is 0.467 e. The van der Waals surface area contributed by atoms with Gasteiger partial charge >= 0.3 is 12.1 Å². The molecule has 0 saturated heterocycles. The molecule has 0 saturated carbocycles. The first-order valence-electron chi connectivity index (χ1n) is 10.0. The maximum absolute atomic E-state index is 12.2. The van der Waals surface area contributed by atoms with Crippen LogP contribution in [-0.2, 0) is 32.1 Å². The first-order valence-corrected chi connectivity index (χ1v) is 10.0. The Balaban J connectivity index is 1.72. The number of aliphatic hydroxyl groups is 1. The van der Waals surface area contributed by atoms with Crippen LogP contribution in [-0.4, -0.2) is 48.9 Å². The Morgan fingerprint density at radius 1 is 0.968 bits per heavy atom. The number of rotatable bonds is 11. The molecular formula is C23H28N2O6. The van der Waals surface area contributed by atoms with Crippen molar-refractivity contribution in [1.82, 2.24) is 10.6 Å². The lowest BCUT2D eigenvalue weighted by Gasteiger charge is -2.18. The third kappa shape index (κ3) is 9.31. The zero-order valence-electron chi connectivity index (χ0n) is 17.5. The van der Waals surface area contributed by atoms with Crippen LogP contribution in [0.3, 0.4) is 0 Å². The monoisotopic (exact) mass is 428 g/mol. The van der Waals surface area contributed by atoms with E-state index in [1.165, 1.54) is 7.11 Å². The van der Waals surface area contributed by atoms with Gasteiger partial charge in [0.1, 0.15) is 12.6 Å². The third-order valence-electron chi connectivity index (χ3n) is 4.50. The van der Waals surface area contributed by atoms with E-state index in [1.807, 2.05) is 60.7 Å². The molecule has 2 amide bonds. The fourth-order valence-electron chi connectivity index (χ4n) is 2.86. The predicted molar refractivity (Wildman–Crippen MR) is 114 cm³/mol. The highest BCUT2D eigenvalue weighted by atomic mass is 16.5. The number of carbonyl (C=O) groups is 3. The topological polar surface area (TPSA) is 114 Å². The summed E-state index contributed by atoms with van der Waals surface area (Å²) in [6.45, 7) is -0.0561. The molecular weight excluding hydrogens is 400 g/mol. The zero-order valence-corrected chi connectivity index (χ0v) is 17.5. The van der Waals surface area contributed by atoms with Gasteiger partial charge in [-0.25, -0.2) is 9.59 Å². The van der Waals surface area contributed by atoms with Crippen molar-refractivity contribution in [3.8, 4) is 0 Å². The lowest BCUT2D eigenvalue weighted by atomic mass is 10.0. The normalized spacial score (nSPS) is 12.3. The van der Waals surface area contributed by atoms with Crippen molar-refractivity contribution in [1.29, 1.82) is 0 Å². The van der Waals surface area contributed by atoms with E-state index in [2.05, 4.69) is 10.6 Å². The highest BCUT2D eigenvalue weighted by Gasteiger charge is 2.22. The molecule has 2 aromatic rings. The second-order valence-corrected chi connectivity index (χ2v) is 6.97. The predicted octanol–water partition coefficient (Wildman–Crippen LogP) is 1.95. The van der Waals surface area contributed by atoms with Gasteiger partial charge in [0.05, 0.1) is 19.6 Å². The minimum atomic E-state index is -1.13. The van der Waals surface area contributed by atoms with Crippen LogP contribution >= 0.6 is 0 Å². The second kappa shape index (κ2) is 13.0. The molecule has 2 aromatic carbocycles. The number of alkyl carbamates (subject to hydrolysis) is 1. The van der Waals surface area contributed by atoms with Crippen LogP contribution in [0, 0.1) is 0 Å². The highest BCUT2D eigenvalue weighted by Crippen LogP contribution is 2.07. The third-order valence-corrected chi connectivity index (χ3v) is 4.50. The molecule has 8 heteroatoms. The quantitative estimate of drug-likeness (QED) is 0.472. The molecule has 0 aliphatic carbocycles. The van der Waals surface area contributed by atoms with Gasteiger partial charge in [0.15, 0.2) is 0 Å². The number of amides is 2. The number of benzene rings is 2. The summed E-state index contributed by atoms with van der Waals surface area (Å²) in [5.74, 6) is -1.07. The van der Waals surface area contributed by atoms with Gasteiger partial charge in [-0.2, -0.15) is 0 Å². The van der Waals surface area contributed by atoms with Gasteiger partial charge in [-0.15, -0.1) is 0 Å². The molecule has 0 aromatic heterocycles. The standard InChI is InChI=1S/C23H28N2O6/c1-30-22(28)20(13-12-17-8-4-2-5-9-17)25-21(27)14-19(26)15-24-23(29)31-16-18-10-6-3-7-11-18/h2-11,19-20,26H,12-16H2,1H3,(H,24,29)(H,25,27)/t19-,20+/m1/s1. The average molecular weight is 428 g/mol. The maximum Gasteiger partial charge on any atom is 0.407 e. The summed E-state index contributed by atoms with van der Waals surface area (Å²) >= 11 is 0. The van der Waals surface area contributed by atoms with Crippen molar-refractivity contribution in [3.63, 3.8) is 0 Å². The van der Waals surface area contributed by atoms with Crippen molar-refractivity contribution in [2.45, 2.75) is 38.0 Å². The number of nitrogens with one attached hydrogen (secondary N) is 2. The van der Waals surface area contributed by atoms with Gasteiger partial charge in [-0.1, -0.05) is 60.7 Å². The number of carbonyl (C=O) groups excluding carboxylic acids is 3. The van der Waals surface area contributed by atoms with Crippen molar-refractivity contribution < 1.29 is 29.0 Å². The Morgan fingerprint density at radius 2 is 1.58 bits per heavy atom. The molecule has 2 rings (SSSR count). The minimum Gasteiger partial charge on any atom is -0.467 e. The maximum atomic E-state index is 12.2. The molecule has 0 heterocycles. The summed E-state index contributed by atoms with van der Waals surface area (Å²) in [6, 6.07) is 17.9. The Kier molecular flexibility index (Phi) is 10.0. The van der Waals surface area contributed by atoms with Crippen LogP contribution < -0.4 is 10.6 Å². The summed E-state index contributed by atoms with van der Waals surface area (Å²) < 4.78 is 9.80. The van der Waals surface area contributed by atoms with Crippen molar-refractivity contribution >= 4 is 18.0 Å². The smallest absolute Gasteiger partial charge is 0.407 e. The van der Waals surface area contributed by atoms with Gasteiger partial charge in [0, 0.05) is 6.54 Å². The van der Waals surface area contributed by atoms with E-state index in [0.29, 0.717) is 12.8 Å². The molecule has 0 radical (unpaired) electrons. The van der Waals surface area contributed by atoms with Crippen molar-refractivity contribution in [2.75, 3.05) is 13.7 Å². The Hall–Kier alpha value is -3.39. The Bertz CT molecular complexity index is 828. The minimum absolute atomic E-state index is 0.103. The molecule has 0 spiro atoms. The lowest BCUT2D eigenvalue weighted by Crippen LogP contribution is -2.44. The summed E-state index contributed by atoms with van der Waals surface area (Å²) in [6.07, 6.45) is -1.16. The SMILES string of the molecule is COC(=O)[C@H](CCc1ccccc1)NC(=O)C[C@@H](O)CNC(=O)OCc1ccccc1. The van der Waals surface area contributed by atoms with E-state index in [0.717, 1.165) is 11.1 Å². The Morgan fingerprint density at radius 3 is 2.19 bits per heavy atom. The number of aryl methyl sites for hydroxylation is 1. The van der Waals surface area contributed by atoms with Crippen LogP contribution in [0.5, 0.6) is 0 Å². The van der Waals surface area contributed by atoms with Gasteiger partial charge in [0.2, 0.25) is 5.91 Å². The fraction of sp³-hybridized carbons (Fsp3) is 0.348. The summed E-state index contributed by atoms with van der Waals surface area (Å²) in [7, 11) is 1.25. The second-order valence-electron chi connectivity index (χ2n) is 6.97. The number of aliphatic hydroxyl groups excluding tert-OH is 1. The average Bonchev–Trinajstić information content (AvgIpc) is 2.79. The van der Waals surface area contributed by atoms with E-state index >= 15 is 0 Å². The summed E-state index contributed by atoms with van der Waals surface area (Å²) in [4.78, 5) is 35.9. The Labute approximate surface area is 181 Å². The van der Waals surface area contributed by atoms with E-state index in [9.17, 15) is 19.5 Å². The van der Waals surface area contributed by atoms with Crippen molar-refractivity contribution in [3.05, 3.63) is 71.8 Å². The number of esters is 1. The van der Waals surface area contributed by atoms with Gasteiger partial charge in [0.25, 0.3) is 0 Å². The van der Waals surface area contributed by atoms with Crippen LogP contribution in [0.25, 0.3) is 0 Å². The molecule has 31 heavy (non-hydrogen) atoms. The molecule has 0 unspecified atom stereocenters. The van der Waals surface area contributed by atoms with E-state index in [4.69, 9.17) is 9.47 Å². The molecule has 0 aliphatic heterocycles. The molecule has 0 fully saturated rings. The van der Waals surface area contributed by atoms with Crippen LogP contribution in [0.1, 0.15) is 24.0 Å². The molecule has 0 aliphatic rings. The van der Waals surface area contributed by atoms with E-state index in [-0.39, 0.29) is 19.6 Å². The fourth-order valence-corrected chi connectivity index (χ4v) is 2.86. The number of ether oxygens (including phenoxy) is 2. The number of hydrogen-bond acceptors (Lipinski definition) is 6. The molecule has 166 valence electrons. The molecule has 3 N–H and O–H groups in total. The first-order chi connectivity index (χ1) is 15.0. The molecule has 0 bridgehead atoms. The van der Waals surface area contributed by atoms with E-state index < -0.39 is 30.1 Å². The number of hydrogen-bond donors (Lipinski definition) is 3. The van der Waals surface area contributed by atoms with Gasteiger partial charge < -0.3 is 25.2 Å². The molecule has 8 nitrogen and oxygen atoms in total. The first kappa shape index (κ1) is 23.9. The lowest BCUT2D eigenvalue weighted by molar-refractivity contribution is -0.145.